The highest BCUT2D eigenvalue weighted by Crippen LogP contribution is 2.25. The van der Waals surface area contributed by atoms with Gasteiger partial charge in [-0.2, -0.15) is 0 Å². The molecule has 2 aromatic rings. The predicted octanol–water partition coefficient (Wildman–Crippen LogP) is 3.22. The first-order chi connectivity index (χ1) is 7.79. The Morgan fingerprint density at radius 3 is 2.75 bits per heavy atom. The maximum Gasteiger partial charge on any atom is 0.147 e. The van der Waals surface area contributed by atoms with Gasteiger partial charge in [-0.15, -0.1) is 0 Å². The van der Waals surface area contributed by atoms with Crippen LogP contribution in [0.15, 0.2) is 42.7 Å². The largest absolute Gasteiger partial charge is 0.455 e. The van der Waals surface area contributed by atoms with Gasteiger partial charge in [-0.1, -0.05) is 18.2 Å². The van der Waals surface area contributed by atoms with Crippen LogP contribution in [0, 0.1) is 6.92 Å². The van der Waals surface area contributed by atoms with Crippen LogP contribution < -0.4 is 10.1 Å². The molecule has 0 aliphatic rings. The zero-order valence-corrected chi connectivity index (χ0v) is 9.40. The zero-order valence-electron chi connectivity index (χ0n) is 9.40. The molecule has 1 N–H and O–H groups in total. The highest BCUT2D eigenvalue weighted by Gasteiger charge is 2.01. The number of aromatic nitrogens is 1. The van der Waals surface area contributed by atoms with Crippen LogP contribution in [0.2, 0.25) is 0 Å². The fourth-order valence-corrected chi connectivity index (χ4v) is 1.41. The smallest absolute Gasteiger partial charge is 0.147 e. The number of nitrogens with zero attached hydrogens (tertiary/aromatic N) is 1. The lowest BCUT2D eigenvalue weighted by atomic mass is 10.2. The van der Waals surface area contributed by atoms with Gasteiger partial charge in [0.2, 0.25) is 0 Å². The summed E-state index contributed by atoms with van der Waals surface area (Å²) in [7, 11) is 1.86. The molecule has 0 aliphatic carbocycles. The summed E-state index contributed by atoms with van der Waals surface area (Å²) in [4.78, 5) is 4.09. The van der Waals surface area contributed by atoms with Gasteiger partial charge in [0.05, 0.1) is 18.1 Å². The van der Waals surface area contributed by atoms with E-state index in [1.807, 2.05) is 44.3 Å². The van der Waals surface area contributed by atoms with Gasteiger partial charge in [0.1, 0.15) is 11.5 Å². The fourth-order valence-electron chi connectivity index (χ4n) is 1.41. The van der Waals surface area contributed by atoms with Crippen molar-refractivity contribution in [2.45, 2.75) is 6.92 Å². The molecule has 0 bridgehead atoms. The number of benzene rings is 1. The fraction of sp³-hybridized carbons (Fsp3) is 0.154. The van der Waals surface area contributed by atoms with Crippen molar-refractivity contribution in [3.63, 3.8) is 0 Å². The molecule has 3 nitrogen and oxygen atoms in total. The highest BCUT2D eigenvalue weighted by molar-refractivity contribution is 5.46. The SMILES string of the molecule is CNc1cncc(Oc2ccccc2C)c1. The molecule has 3 heteroatoms. The minimum absolute atomic E-state index is 0.737. The summed E-state index contributed by atoms with van der Waals surface area (Å²) in [5.41, 5.74) is 2.04. The first kappa shape index (κ1) is 10.5. The molecule has 1 heterocycles. The van der Waals surface area contributed by atoms with E-state index in [9.17, 15) is 0 Å². The Morgan fingerprint density at radius 2 is 2.00 bits per heavy atom. The van der Waals surface area contributed by atoms with Crippen molar-refractivity contribution in [1.29, 1.82) is 0 Å². The molecule has 1 aromatic carbocycles. The van der Waals surface area contributed by atoms with E-state index < -0.39 is 0 Å². The van der Waals surface area contributed by atoms with Crippen LogP contribution in [0.1, 0.15) is 5.56 Å². The van der Waals surface area contributed by atoms with E-state index in [4.69, 9.17) is 4.74 Å². The van der Waals surface area contributed by atoms with Crippen molar-refractivity contribution in [2.75, 3.05) is 12.4 Å². The second-order valence-corrected chi connectivity index (χ2v) is 3.53. The molecule has 0 spiro atoms. The number of pyridine rings is 1. The molecule has 2 rings (SSSR count). The van der Waals surface area contributed by atoms with Crippen LogP contribution in [-0.2, 0) is 0 Å². The minimum atomic E-state index is 0.737. The van der Waals surface area contributed by atoms with Crippen LogP contribution in [0.5, 0.6) is 11.5 Å². The molecule has 0 radical (unpaired) electrons. The number of anilines is 1. The number of hydrogen-bond acceptors (Lipinski definition) is 3. The van der Waals surface area contributed by atoms with Gasteiger partial charge in [0, 0.05) is 13.1 Å². The first-order valence-corrected chi connectivity index (χ1v) is 5.16. The molecule has 1 aromatic heterocycles. The topological polar surface area (TPSA) is 34.2 Å². The summed E-state index contributed by atoms with van der Waals surface area (Å²) in [6.07, 6.45) is 3.46. The third kappa shape index (κ3) is 2.31. The molecule has 0 saturated heterocycles. The number of aryl methyl sites for hydroxylation is 1. The van der Waals surface area contributed by atoms with Crippen LogP contribution in [0.3, 0.4) is 0 Å². The molecule has 0 aliphatic heterocycles. The molecule has 0 atom stereocenters. The van der Waals surface area contributed by atoms with Crippen molar-refractivity contribution in [3.8, 4) is 11.5 Å². The van der Waals surface area contributed by atoms with Gasteiger partial charge >= 0.3 is 0 Å². The average Bonchev–Trinajstić information content (AvgIpc) is 2.32. The normalized spacial score (nSPS) is 9.88. The lowest BCUT2D eigenvalue weighted by Gasteiger charge is -2.08. The number of rotatable bonds is 3. The molecule has 0 saturated carbocycles. The lowest BCUT2D eigenvalue weighted by Crippen LogP contribution is -1.92. The summed E-state index contributed by atoms with van der Waals surface area (Å²) in [5.74, 6) is 1.60. The Labute approximate surface area is 95.1 Å². The van der Waals surface area contributed by atoms with Gasteiger partial charge in [0.15, 0.2) is 0 Å². The van der Waals surface area contributed by atoms with Gasteiger partial charge in [-0.05, 0) is 18.6 Å². The van der Waals surface area contributed by atoms with Crippen LogP contribution >= 0.6 is 0 Å². The van der Waals surface area contributed by atoms with E-state index in [-0.39, 0.29) is 0 Å². The van der Waals surface area contributed by atoms with Crippen molar-refractivity contribution in [3.05, 3.63) is 48.3 Å². The van der Waals surface area contributed by atoms with Gasteiger partial charge in [0.25, 0.3) is 0 Å². The summed E-state index contributed by atoms with van der Waals surface area (Å²) in [5, 5.41) is 3.03. The molecule has 82 valence electrons. The Bertz CT molecular complexity index is 483. The number of para-hydroxylation sites is 1. The third-order valence-electron chi connectivity index (χ3n) is 2.32. The van der Waals surface area contributed by atoms with E-state index in [0.29, 0.717) is 0 Å². The van der Waals surface area contributed by atoms with E-state index in [1.54, 1.807) is 12.4 Å². The molecule has 0 unspecified atom stereocenters. The van der Waals surface area contributed by atoms with Gasteiger partial charge < -0.3 is 10.1 Å². The summed E-state index contributed by atoms with van der Waals surface area (Å²) in [6.45, 7) is 2.02. The summed E-state index contributed by atoms with van der Waals surface area (Å²) < 4.78 is 5.75. The van der Waals surface area contributed by atoms with Gasteiger partial charge in [-0.25, -0.2) is 0 Å². The molecule has 0 amide bonds. The van der Waals surface area contributed by atoms with E-state index in [0.717, 1.165) is 22.7 Å². The lowest BCUT2D eigenvalue weighted by molar-refractivity contribution is 0.477. The quantitative estimate of drug-likeness (QED) is 0.851. The highest BCUT2D eigenvalue weighted by atomic mass is 16.5. The van der Waals surface area contributed by atoms with Gasteiger partial charge in [-0.3, -0.25) is 4.98 Å². The first-order valence-electron chi connectivity index (χ1n) is 5.16. The monoisotopic (exact) mass is 214 g/mol. The number of hydrogen-bond donors (Lipinski definition) is 1. The number of nitrogens with one attached hydrogen (secondary N) is 1. The maximum absolute atomic E-state index is 5.75. The Kier molecular flexibility index (Phi) is 3.05. The maximum atomic E-state index is 5.75. The van der Waals surface area contributed by atoms with Crippen LogP contribution in [0.4, 0.5) is 5.69 Å². The Balaban J connectivity index is 2.24. The summed E-state index contributed by atoms with van der Waals surface area (Å²) >= 11 is 0. The second kappa shape index (κ2) is 4.66. The van der Waals surface area contributed by atoms with Crippen molar-refractivity contribution in [1.82, 2.24) is 4.98 Å². The second-order valence-electron chi connectivity index (χ2n) is 3.53. The summed E-state index contributed by atoms with van der Waals surface area (Å²) in [6, 6.07) is 9.83. The molecule has 0 fully saturated rings. The number of ether oxygens (including phenoxy) is 1. The zero-order chi connectivity index (χ0) is 11.4. The van der Waals surface area contributed by atoms with Crippen LogP contribution in [-0.4, -0.2) is 12.0 Å². The van der Waals surface area contributed by atoms with E-state index in [2.05, 4.69) is 10.3 Å². The molecular formula is C13H14N2O. The minimum Gasteiger partial charge on any atom is -0.455 e. The molecule has 16 heavy (non-hydrogen) atoms. The van der Waals surface area contributed by atoms with Crippen molar-refractivity contribution in [2.24, 2.45) is 0 Å². The van der Waals surface area contributed by atoms with Crippen LogP contribution in [0.25, 0.3) is 0 Å². The predicted molar refractivity (Wildman–Crippen MR) is 65.0 cm³/mol. The Hall–Kier alpha value is -2.03. The third-order valence-corrected chi connectivity index (χ3v) is 2.32. The van der Waals surface area contributed by atoms with Crippen molar-refractivity contribution < 1.29 is 4.74 Å². The van der Waals surface area contributed by atoms with E-state index >= 15 is 0 Å². The van der Waals surface area contributed by atoms with Crippen molar-refractivity contribution >= 4 is 5.69 Å². The standard InChI is InChI=1S/C13H14N2O/c1-10-5-3-4-6-13(10)16-12-7-11(14-2)8-15-9-12/h3-9,14H,1-2H3. The average molecular weight is 214 g/mol. The molecular weight excluding hydrogens is 200 g/mol. The Morgan fingerprint density at radius 1 is 1.19 bits per heavy atom. The van der Waals surface area contributed by atoms with E-state index in [1.165, 1.54) is 0 Å².